The van der Waals surface area contributed by atoms with Gasteiger partial charge in [0.05, 0.1) is 0 Å². The summed E-state index contributed by atoms with van der Waals surface area (Å²) in [4.78, 5) is 55.6. The first-order chi connectivity index (χ1) is 22.1. The van der Waals surface area contributed by atoms with Crippen LogP contribution in [0.4, 0.5) is 0 Å². The molecule has 24 nitrogen and oxygen atoms in total. The molecule has 0 spiro atoms. The van der Waals surface area contributed by atoms with Gasteiger partial charge in [-0.15, -0.1) is 0 Å². The minimum atomic E-state index is -1.00. The molecule has 4 atom stereocenters. The Morgan fingerprint density at radius 3 is 0.625 bits per heavy atom. The first-order valence-electron chi connectivity index (χ1n) is 14.3. The Labute approximate surface area is 278 Å². The van der Waals surface area contributed by atoms with Crippen LogP contribution in [0.3, 0.4) is 0 Å². The zero-order valence-corrected chi connectivity index (χ0v) is 26.9. The number of hydrogen-bond donors (Lipinski definition) is 16. The maximum atomic E-state index is 10.2. The summed E-state index contributed by atoms with van der Waals surface area (Å²) in [5.74, 6) is -3.95. The van der Waals surface area contributed by atoms with Crippen molar-refractivity contribution in [1.82, 2.24) is 0 Å². The monoisotopic (exact) mass is 696 g/mol. The summed E-state index contributed by atoms with van der Waals surface area (Å²) in [6.45, 7) is 1.68. The first-order valence-corrected chi connectivity index (χ1v) is 14.3. The molecule has 48 heavy (non-hydrogen) atoms. The first kappa shape index (κ1) is 49.7. The zero-order chi connectivity index (χ0) is 38.2. The van der Waals surface area contributed by atoms with Crippen LogP contribution in [0.25, 0.3) is 0 Å². The summed E-state index contributed by atoms with van der Waals surface area (Å²) in [6.07, 6.45) is 3.82. The molecule has 0 aromatic rings. The summed E-state index contributed by atoms with van der Waals surface area (Å²) >= 11 is 0. The number of carbonyl (C=O) groups is 4. The predicted octanol–water partition coefficient (Wildman–Crippen LogP) is -6.19. The lowest BCUT2D eigenvalue weighted by Crippen LogP contribution is -2.30. The summed E-state index contributed by atoms with van der Waals surface area (Å²) < 4.78 is 0. The van der Waals surface area contributed by atoms with Crippen LogP contribution >= 0.6 is 0 Å². The van der Waals surface area contributed by atoms with Gasteiger partial charge >= 0.3 is 23.9 Å². The molecular weight excluding hydrogens is 640 g/mol. The van der Waals surface area contributed by atoms with Crippen LogP contribution in [0.1, 0.15) is 51.4 Å². The fraction of sp³-hybridized carbons (Fsp3) is 0.667. The fourth-order valence-corrected chi connectivity index (χ4v) is 2.57. The number of nitrogens with zero attached hydrogens (tertiary/aromatic N) is 4. The second kappa shape index (κ2) is 31.8. The van der Waals surface area contributed by atoms with Gasteiger partial charge in [0.1, 0.15) is 24.2 Å². The topological polar surface area (TPSA) is 511 Å². The number of aliphatic carboxylic acids is 4. The van der Waals surface area contributed by atoms with Crippen LogP contribution in [0.5, 0.6) is 0 Å². The highest BCUT2D eigenvalue weighted by Gasteiger charge is 2.11. The SMILES string of the molecule is NC(N)=NCCCC(N)C(=O)O.NC(N)=NCCCC(N)C(=O)O.NC(N)=NCCCC(N)C(=O)O.NC(N)=NCCCC(N)C(=O)O. The number of hydrogen-bond acceptors (Lipinski definition) is 12. The number of guanidine groups is 4. The van der Waals surface area contributed by atoms with Gasteiger partial charge in [0.2, 0.25) is 0 Å². The molecule has 0 aromatic heterocycles. The van der Waals surface area contributed by atoms with Gasteiger partial charge in [-0.3, -0.25) is 39.1 Å². The highest BCUT2D eigenvalue weighted by Crippen LogP contribution is 1.96. The largest absolute Gasteiger partial charge is 0.480 e. The van der Waals surface area contributed by atoms with Gasteiger partial charge < -0.3 is 89.2 Å². The highest BCUT2D eigenvalue weighted by atomic mass is 16.4. The van der Waals surface area contributed by atoms with Gasteiger partial charge in [-0.1, -0.05) is 0 Å². The lowest BCUT2D eigenvalue weighted by molar-refractivity contribution is -0.139. The number of carboxylic acid groups (broad SMARTS) is 4. The molecule has 280 valence electrons. The van der Waals surface area contributed by atoms with E-state index in [1.807, 2.05) is 0 Å². The van der Waals surface area contributed by atoms with Crippen molar-refractivity contribution in [2.75, 3.05) is 26.2 Å². The van der Waals surface area contributed by atoms with E-state index in [9.17, 15) is 19.2 Å². The average molecular weight is 697 g/mol. The lowest BCUT2D eigenvalue weighted by Gasteiger charge is -2.03. The highest BCUT2D eigenvalue weighted by molar-refractivity contribution is 5.77. The van der Waals surface area contributed by atoms with Crippen molar-refractivity contribution in [1.29, 1.82) is 0 Å². The average Bonchev–Trinajstić information content (AvgIpc) is 2.97. The summed E-state index contributed by atoms with van der Waals surface area (Å²) in [6, 6.07) is -3.28. The molecule has 0 fully saturated rings. The Bertz CT molecular complexity index is 866. The molecule has 0 heterocycles. The van der Waals surface area contributed by atoms with Crippen LogP contribution in [0.2, 0.25) is 0 Å². The normalized spacial score (nSPS) is 12.1. The third-order valence-corrected chi connectivity index (χ3v) is 5.14. The standard InChI is InChI=1S/4C6H14N4O2/c4*7-4(5(11)12)2-1-3-10-6(8)9/h4*4H,1-3,7H2,(H,11,12)(H4,8,9,10). The molecule has 0 bridgehead atoms. The molecule has 0 aromatic carbocycles. The molecule has 0 amide bonds. The summed E-state index contributed by atoms with van der Waals surface area (Å²) in [5, 5.41) is 33.5. The minimum absolute atomic E-state index is 0.0129. The van der Waals surface area contributed by atoms with Crippen LogP contribution in [0, 0.1) is 0 Å². The van der Waals surface area contributed by atoms with Crippen molar-refractivity contribution in [2.24, 2.45) is 88.8 Å². The number of carboxylic acids is 4. The lowest BCUT2D eigenvalue weighted by atomic mass is 10.2. The second-order valence-corrected chi connectivity index (χ2v) is 9.57. The molecule has 4 unspecified atom stereocenters. The minimum Gasteiger partial charge on any atom is -0.480 e. The van der Waals surface area contributed by atoms with Gasteiger partial charge in [-0.25, -0.2) is 0 Å². The maximum absolute atomic E-state index is 10.2. The molecule has 28 N–H and O–H groups in total. The fourth-order valence-electron chi connectivity index (χ4n) is 2.57. The van der Waals surface area contributed by atoms with Crippen molar-refractivity contribution in [3.63, 3.8) is 0 Å². The van der Waals surface area contributed by atoms with Crippen molar-refractivity contribution < 1.29 is 39.6 Å². The van der Waals surface area contributed by atoms with Crippen LogP contribution < -0.4 is 68.8 Å². The second-order valence-electron chi connectivity index (χ2n) is 9.57. The van der Waals surface area contributed by atoms with Gasteiger partial charge in [-0.2, -0.15) is 0 Å². The van der Waals surface area contributed by atoms with E-state index in [2.05, 4.69) is 20.0 Å². The number of aliphatic imine (C=N–C) groups is 4. The summed E-state index contributed by atoms with van der Waals surface area (Å²) in [7, 11) is 0. The van der Waals surface area contributed by atoms with Crippen LogP contribution in [-0.2, 0) is 19.2 Å². The number of rotatable bonds is 20. The van der Waals surface area contributed by atoms with Crippen molar-refractivity contribution in [2.45, 2.75) is 75.5 Å². The van der Waals surface area contributed by atoms with E-state index < -0.39 is 48.0 Å². The van der Waals surface area contributed by atoms with Crippen molar-refractivity contribution in [3.8, 4) is 0 Å². The van der Waals surface area contributed by atoms with Gasteiger partial charge in [0.25, 0.3) is 0 Å². The molecule has 24 heteroatoms. The molecule has 0 saturated carbocycles. The van der Waals surface area contributed by atoms with E-state index in [0.29, 0.717) is 77.5 Å². The maximum Gasteiger partial charge on any atom is 0.320 e. The Kier molecular flexibility index (Phi) is 32.9. The quantitative estimate of drug-likeness (QED) is 0.0320. The zero-order valence-electron chi connectivity index (χ0n) is 26.9. The Morgan fingerprint density at radius 2 is 0.521 bits per heavy atom. The van der Waals surface area contributed by atoms with E-state index in [0.717, 1.165) is 0 Å². The van der Waals surface area contributed by atoms with E-state index in [1.165, 1.54) is 0 Å². The molecule has 0 aliphatic carbocycles. The van der Waals surface area contributed by atoms with E-state index in [1.54, 1.807) is 0 Å². The van der Waals surface area contributed by atoms with Gasteiger partial charge in [-0.05, 0) is 51.4 Å². The summed E-state index contributed by atoms with van der Waals surface area (Å²) in [5.41, 5.74) is 61.3. The molecular formula is C24H56N16O8. The Morgan fingerprint density at radius 1 is 0.375 bits per heavy atom. The third-order valence-electron chi connectivity index (χ3n) is 5.14. The Balaban J connectivity index is -0.000000269. The van der Waals surface area contributed by atoms with Crippen LogP contribution in [-0.4, -0.2) is 118 Å². The predicted molar refractivity (Wildman–Crippen MR) is 182 cm³/mol. The Hall–Kier alpha value is -5.20. The van der Waals surface area contributed by atoms with Gasteiger partial charge in [0.15, 0.2) is 23.8 Å². The molecule has 0 aliphatic rings. The molecule has 0 saturated heterocycles. The molecule has 0 aliphatic heterocycles. The third kappa shape index (κ3) is 42.9. The van der Waals surface area contributed by atoms with E-state index >= 15 is 0 Å². The number of nitrogens with two attached hydrogens (primary N) is 12. The van der Waals surface area contributed by atoms with Gasteiger partial charge in [0, 0.05) is 26.2 Å². The van der Waals surface area contributed by atoms with Crippen LogP contribution in [0.15, 0.2) is 20.0 Å². The van der Waals surface area contributed by atoms with E-state index in [4.69, 9.17) is 89.2 Å². The molecule has 0 rings (SSSR count). The van der Waals surface area contributed by atoms with Crippen molar-refractivity contribution >= 4 is 47.7 Å². The smallest absolute Gasteiger partial charge is 0.320 e. The van der Waals surface area contributed by atoms with Crippen molar-refractivity contribution in [3.05, 3.63) is 0 Å². The van der Waals surface area contributed by atoms with E-state index in [-0.39, 0.29) is 23.8 Å². The molecule has 0 radical (unpaired) electrons.